The molecular formula is C41H41FN10O4. The Kier molecular flexibility index (Phi) is 7.87. The summed E-state index contributed by atoms with van der Waals surface area (Å²) in [5, 5.41) is 9.98. The predicted molar refractivity (Wildman–Crippen MR) is 208 cm³/mol. The molecule has 9 rings (SSSR count). The minimum atomic E-state index is -0.831. The summed E-state index contributed by atoms with van der Waals surface area (Å²) >= 11 is 0. The van der Waals surface area contributed by atoms with Crippen molar-refractivity contribution in [3.8, 4) is 22.6 Å². The lowest BCUT2D eigenvalue weighted by Gasteiger charge is -2.34. The fraction of sp³-hybridized carbons (Fsp3) is 0.317. The van der Waals surface area contributed by atoms with Crippen LogP contribution in [-0.2, 0) is 12.0 Å². The van der Waals surface area contributed by atoms with E-state index in [-0.39, 0.29) is 23.3 Å². The van der Waals surface area contributed by atoms with E-state index in [1.165, 1.54) is 4.57 Å². The van der Waals surface area contributed by atoms with Crippen molar-refractivity contribution >= 4 is 22.6 Å². The van der Waals surface area contributed by atoms with E-state index < -0.39 is 17.3 Å². The molecule has 1 aliphatic heterocycles. The van der Waals surface area contributed by atoms with E-state index in [2.05, 4.69) is 33.1 Å². The second-order valence-electron chi connectivity index (χ2n) is 15.4. The second kappa shape index (κ2) is 12.5. The average molecular weight is 757 g/mol. The van der Waals surface area contributed by atoms with Crippen LogP contribution in [-0.4, -0.2) is 70.5 Å². The number of aromatic amines is 2. The number of aromatic nitrogens is 8. The molecule has 0 unspecified atom stereocenters. The van der Waals surface area contributed by atoms with Crippen LogP contribution in [0.25, 0.3) is 33.5 Å². The number of H-pyrrole nitrogens is 2. The molecule has 0 saturated heterocycles. The Hall–Kier alpha value is -6.51. The number of carbonyl (C=O) groups is 1. The molecule has 56 heavy (non-hydrogen) atoms. The molecule has 1 fully saturated rings. The smallest absolute Gasteiger partial charge is 0.363 e. The van der Waals surface area contributed by atoms with Gasteiger partial charge < -0.3 is 19.4 Å². The molecule has 0 spiro atoms. The van der Waals surface area contributed by atoms with Gasteiger partial charge in [0.15, 0.2) is 5.82 Å². The number of aryl methyl sites for hydroxylation is 2. The molecule has 1 amide bonds. The maximum absolute atomic E-state index is 15.3. The van der Waals surface area contributed by atoms with Gasteiger partial charge in [0.05, 0.1) is 17.4 Å². The topological polar surface area (TPSA) is 156 Å². The molecule has 7 aromatic rings. The van der Waals surface area contributed by atoms with Crippen molar-refractivity contribution < 1.29 is 13.7 Å². The van der Waals surface area contributed by atoms with Crippen LogP contribution in [0, 0.1) is 32.5 Å². The first-order chi connectivity index (χ1) is 26.8. The number of carbonyl (C=O) groups excluding carboxylic acids is 1. The van der Waals surface area contributed by atoms with Gasteiger partial charge in [-0.05, 0) is 104 Å². The Morgan fingerprint density at radius 1 is 1.05 bits per heavy atom. The molecule has 15 heteroatoms. The number of amides is 1. The van der Waals surface area contributed by atoms with Gasteiger partial charge in [0.25, 0.3) is 5.91 Å². The summed E-state index contributed by atoms with van der Waals surface area (Å²) < 4.78 is 25.0. The van der Waals surface area contributed by atoms with Crippen LogP contribution in [0.15, 0.2) is 75.2 Å². The summed E-state index contributed by atoms with van der Waals surface area (Å²) in [6, 6.07) is 13.0. The quantitative estimate of drug-likeness (QED) is 0.209. The van der Waals surface area contributed by atoms with Crippen LogP contribution in [0.1, 0.15) is 70.6 Å². The molecule has 5 aromatic heterocycles. The number of hydrogen-bond donors (Lipinski definition) is 2. The van der Waals surface area contributed by atoms with Gasteiger partial charge in [-0.15, -0.1) is 0 Å². The summed E-state index contributed by atoms with van der Waals surface area (Å²) in [6.45, 7) is 9.80. The molecule has 2 aliphatic rings. The fourth-order valence-electron chi connectivity index (χ4n) is 8.85. The van der Waals surface area contributed by atoms with E-state index in [4.69, 9.17) is 9.62 Å². The molecule has 0 bridgehead atoms. The van der Waals surface area contributed by atoms with Gasteiger partial charge in [0, 0.05) is 62.1 Å². The summed E-state index contributed by atoms with van der Waals surface area (Å²) in [7, 11) is 3.93. The summed E-state index contributed by atoms with van der Waals surface area (Å²) in [5.41, 5.74) is 6.04. The summed E-state index contributed by atoms with van der Waals surface area (Å²) in [6.07, 6.45) is 6.02. The molecule has 2 aromatic carbocycles. The number of rotatable bonds is 7. The Labute approximate surface area is 320 Å². The van der Waals surface area contributed by atoms with Crippen molar-refractivity contribution in [2.75, 3.05) is 25.5 Å². The van der Waals surface area contributed by atoms with Gasteiger partial charge in [-0.3, -0.25) is 18.9 Å². The zero-order valence-corrected chi connectivity index (χ0v) is 32.1. The summed E-state index contributed by atoms with van der Waals surface area (Å²) in [4.78, 5) is 54.7. The van der Waals surface area contributed by atoms with Crippen molar-refractivity contribution in [3.05, 3.63) is 127 Å². The van der Waals surface area contributed by atoms with E-state index in [1.807, 2.05) is 66.6 Å². The summed E-state index contributed by atoms with van der Waals surface area (Å²) in [5.74, 6) is 0.532. The van der Waals surface area contributed by atoms with Gasteiger partial charge in [-0.1, -0.05) is 18.1 Å². The number of halogens is 1. The first-order valence-corrected chi connectivity index (χ1v) is 18.6. The van der Waals surface area contributed by atoms with Crippen molar-refractivity contribution in [3.63, 3.8) is 0 Å². The number of fused-ring (bicyclic) bond motifs is 2. The van der Waals surface area contributed by atoms with Crippen molar-refractivity contribution in [2.24, 2.45) is 5.92 Å². The molecule has 2 N–H and O–H groups in total. The SMILES string of the molecule is Cc1cc(-n2nc3c(c2-n2cc[nH]c2=O)[C@H](C)N(C(=O)c2cc4cc(-c5ccnc(N(C)C)c5C)ccc4n2[C@@]2(c4noc(=O)[nH]4)C[C@@H]2C)CC3)cc(C)c1F. The first-order valence-electron chi connectivity index (χ1n) is 18.6. The van der Waals surface area contributed by atoms with Gasteiger partial charge in [0.2, 0.25) is 0 Å². The largest absolute Gasteiger partial charge is 0.438 e. The highest BCUT2D eigenvalue weighted by molar-refractivity contribution is 6.01. The molecule has 14 nitrogen and oxygen atoms in total. The number of pyridine rings is 1. The third kappa shape index (κ3) is 5.13. The minimum absolute atomic E-state index is 0.0217. The molecule has 3 atom stereocenters. The van der Waals surface area contributed by atoms with Crippen molar-refractivity contribution in [2.45, 2.75) is 59.0 Å². The number of hydrogen-bond acceptors (Lipinski definition) is 8. The first kappa shape index (κ1) is 35.2. The predicted octanol–water partition coefficient (Wildman–Crippen LogP) is 5.72. The maximum Gasteiger partial charge on any atom is 0.438 e. The van der Waals surface area contributed by atoms with Gasteiger partial charge >= 0.3 is 11.4 Å². The lowest BCUT2D eigenvalue weighted by atomic mass is 9.98. The number of anilines is 1. The Balaban J connectivity index is 1.21. The standard InChI is InChI=1S/C41H41FN10O4/c1-21-16-28(17-22(2)34(21)42)52-36(50-15-13-44-39(50)54)33-25(5)49(14-11-30(33)46-52)37(53)32-19-27-18-26(29-10-12-43-35(24(29)4)48(6)7)8-9-31(27)51(32)41(20-23(41)3)38-45-40(55)56-47-38/h8-10,12-13,15-19,23,25H,11,14,20H2,1-7H3,(H,44,54)(H,45,47,55)/t23-,25-,41-/m0/s1. The number of nitrogens with one attached hydrogen (secondary N) is 2. The van der Waals surface area contributed by atoms with E-state index >= 15 is 4.79 Å². The van der Waals surface area contributed by atoms with Crippen LogP contribution in [0.4, 0.5) is 10.2 Å². The average Bonchev–Trinajstić information content (AvgIpc) is 3.69. The third-order valence-corrected chi connectivity index (χ3v) is 11.7. The second-order valence-corrected chi connectivity index (χ2v) is 15.4. The van der Waals surface area contributed by atoms with Crippen molar-refractivity contribution in [1.29, 1.82) is 0 Å². The minimum Gasteiger partial charge on any atom is -0.363 e. The van der Waals surface area contributed by atoms with Crippen LogP contribution >= 0.6 is 0 Å². The van der Waals surface area contributed by atoms with Crippen LogP contribution in [0.5, 0.6) is 0 Å². The Morgan fingerprint density at radius 2 is 1.80 bits per heavy atom. The zero-order valence-electron chi connectivity index (χ0n) is 32.1. The molecule has 286 valence electrons. The third-order valence-electron chi connectivity index (χ3n) is 11.7. The van der Waals surface area contributed by atoms with Gasteiger partial charge in [-0.25, -0.2) is 23.6 Å². The number of imidazole rings is 1. The number of benzene rings is 2. The van der Waals surface area contributed by atoms with Crippen LogP contribution < -0.4 is 16.3 Å². The molecule has 6 heterocycles. The van der Waals surface area contributed by atoms with Gasteiger partial charge in [0.1, 0.15) is 28.7 Å². The monoisotopic (exact) mass is 756 g/mol. The normalized spacial score (nSPS) is 19.1. The van der Waals surface area contributed by atoms with E-state index in [9.17, 15) is 14.0 Å². The van der Waals surface area contributed by atoms with Crippen LogP contribution in [0.3, 0.4) is 0 Å². The van der Waals surface area contributed by atoms with Crippen LogP contribution in [0.2, 0.25) is 0 Å². The number of nitrogens with zero attached hydrogens (tertiary/aromatic N) is 8. The van der Waals surface area contributed by atoms with E-state index in [0.29, 0.717) is 53.5 Å². The van der Waals surface area contributed by atoms with E-state index in [0.717, 1.165) is 44.7 Å². The van der Waals surface area contributed by atoms with E-state index in [1.54, 1.807) is 49.3 Å². The lowest BCUT2D eigenvalue weighted by molar-refractivity contribution is 0.0663. The lowest BCUT2D eigenvalue weighted by Crippen LogP contribution is -2.41. The highest BCUT2D eigenvalue weighted by Crippen LogP contribution is 2.56. The molecular weight excluding hydrogens is 716 g/mol. The fourth-order valence-corrected chi connectivity index (χ4v) is 8.85. The highest BCUT2D eigenvalue weighted by Gasteiger charge is 2.59. The Morgan fingerprint density at radius 3 is 2.45 bits per heavy atom. The van der Waals surface area contributed by atoms with Gasteiger partial charge in [-0.2, -0.15) is 5.10 Å². The Bertz CT molecular complexity index is 2830. The highest BCUT2D eigenvalue weighted by atomic mass is 19.1. The molecule has 1 aliphatic carbocycles. The van der Waals surface area contributed by atoms with Crippen molar-refractivity contribution in [1.82, 2.24) is 43.9 Å². The maximum atomic E-state index is 15.3. The molecule has 0 radical (unpaired) electrons. The molecule has 1 saturated carbocycles. The zero-order chi connectivity index (χ0) is 39.4.